The van der Waals surface area contributed by atoms with Crippen molar-refractivity contribution in [2.75, 3.05) is 6.54 Å². The Morgan fingerprint density at radius 3 is 2.61 bits per heavy atom. The van der Waals surface area contributed by atoms with Crippen LogP contribution in [0.3, 0.4) is 0 Å². The Hall–Kier alpha value is -1.04. The zero-order chi connectivity index (χ0) is 13.2. The third-order valence-electron chi connectivity index (χ3n) is 3.30. The lowest BCUT2D eigenvalue weighted by Gasteiger charge is -2.22. The largest absolute Gasteiger partial charge is 0.435 e. The van der Waals surface area contributed by atoms with Crippen LogP contribution in [0.15, 0.2) is 0 Å². The number of piperidine rings is 1. The molecule has 1 aromatic heterocycles. The van der Waals surface area contributed by atoms with E-state index in [1.165, 1.54) is 0 Å². The number of aryl methyl sites for hydroxylation is 1. The number of rotatable bonds is 3. The predicted octanol–water partition coefficient (Wildman–Crippen LogP) is 2.68. The van der Waals surface area contributed by atoms with Crippen LogP contribution >= 0.6 is 0 Å². The van der Waals surface area contributed by atoms with Crippen LogP contribution in [-0.2, 0) is 19.0 Å². The molecular formula is C12H18F3N3. The van der Waals surface area contributed by atoms with Gasteiger partial charge in [-0.25, -0.2) is 4.98 Å². The van der Waals surface area contributed by atoms with Crippen LogP contribution in [0.2, 0.25) is 0 Å². The number of nitrogens with one attached hydrogen (secondary N) is 2. The molecule has 0 spiro atoms. The second kappa shape index (κ2) is 5.30. The van der Waals surface area contributed by atoms with Gasteiger partial charge in [0.15, 0.2) is 5.69 Å². The van der Waals surface area contributed by atoms with Gasteiger partial charge in [0, 0.05) is 18.2 Å². The summed E-state index contributed by atoms with van der Waals surface area (Å²) in [5, 5.41) is 3.31. The van der Waals surface area contributed by atoms with E-state index in [0.29, 0.717) is 18.7 Å². The first-order valence-corrected chi connectivity index (χ1v) is 6.39. The fourth-order valence-electron chi connectivity index (χ4n) is 2.38. The van der Waals surface area contributed by atoms with Crippen LogP contribution < -0.4 is 5.32 Å². The molecule has 0 amide bonds. The highest BCUT2D eigenvalue weighted by molar-refractivity contribution is 5.18. The molecule has 0 bridgehead atoms. The predicted molar refractivity (Wildman–Crippen MR) is 62.3 cm³/mol. The smallest absolute Gasteiger partial charge is 0.345 e. The standard InChI is InChI=1S/C12H18F3N3/c1-2-9-11(12(13,14)15)18-10(17-9)7-8-5-3-4-6-16-8/h8,16H,2-7H2,1H3,(H,17,18). The molecule has 1 fully saturated rings. The first-order valence-electron chi connectivity index (χ1n) is 6.39. The van der Waals surface area contributed by atoms with Crippen molar-refractivity contribution in [3.05, 3.63) is 17.2 Å². The SMILES string of the molecule is CCc1[nH]c(CC2CCCCN2)nc1C(F)(F)F. The molecule has 0 saturated carbocycles. The van der Waals surface area contributed by atoms with Crippen LogP contribution in [-0.4, -0.2) is 22.6 Å². The van der Waals surface area contributed by atoms with Crippen LogP contribution in [0.4, 0.5) is 13.2 Å². The van der Waals surface area contributed by atoms with E-state index in [9.17, 15) is 13.2 Å². The molecular weight excluding hydrogens is 243 g/mol. The number of imidazole rings is 1. The number of halogens is 3. The lowest BCUT2D eigenvalue weighted by Crippen LogP contribution is -2.35. The maximum Gasteiger partial charge on any atom is 0.435 e. The summed E-state index contributed by atoms with van der Waals surface area (Å²) in [6.07, 6.45) is -0.222. The number of H-pyrrole nitrogens is 1. The van der Waals surface area contributed by atoms with Crippen molar-refractivity contribution < 1.29 is 13.2 Å². The fourth-order valence-corrected chi connectivity index (χ4v) is 2.38. The molecule has 1 aliphatic heterocycles. The third-order valence-corrected chi connectivity index (χ3v) is 3.30. The van der Waals surface area contributed by atoms with Gasteiger partial charge in [-0.15, -0.1) is 0 Å². The molecule has 102 valence electrons. The number of aromatic amines is 1. The number of hydrogen-bond donors (Lipinski definition) is 2. The zero-order valence-corrected chi connectivity index (χ0v) is 10.4. The van der Waals surface area contributed by atoms with Gasteiger partial charge in [-0.05, 0) is 25.8 Å². The average Bonchev–Trinajstić information content (AvgIpc) is 2.73. The van der Waals surface area contributed by atoms with E-state index in [1.54, 1.807) is 6.92 Å². The van der Waals surface area contributed by atoms with E-state index in [1.807, 2.05) is 0 Å². The molecule has 18 heavy (non-hydrogen) atoms. The highest BCUT2D eigenvalue weighted by Gasteiger charge is 2.36. The lowest BCUT2D eigenvalue weighted by atomic mass is 10.0. The molecule has 2 rings (SSSR count). The second-order valence-electron chi connectivity index (χ2n) is 4.71. The zero-order valence-electron chi connectivity index (χ0n) is 10.4. The Bertz CT molecular complexity index is 392. The first kappa shape index (κ1) is 13.4. The molecule has 1 saturated heterocycles. The maximum absolute atomic E-state index is 12.7. The highest BCUT2D eigenvalue weighted by atomic mass is 19.4. The Balaban J connectivity index is 2.11. The number of hydrogen-bond acceptors (Lipinski definition) is 2. The van der Waals surface area contributed by atoms with Crippen molar-refractivity contribution in [1.82, 2.24) is 15.3 Å². The lowest BCUT2D eigenvalue weighted by molar-refractivity contribution is -0.141. The molecule has 2 N–H and O–H groups in total. The summed E-state index contributed by atoms with van der Waals surface area (Å²) in [7, 11) is 0. The summed E-state index contributed by atoms with van der Waals surface area (Å²) in [5.74, 6) is 0.443. The molecule has 1 unspecified atom stereocenters. The Morgan fingerprint density at radius 1 is 1.33 bits per heavy atom. The van der Waals surface area contributed by atoms with Crippen LogP contribution in [0.25, 0.3) is 0 Å². The van der Waals surface area contributed by atoms with Gasteiger partial charge in [0.2, 0.25) is 0 Å². The molecule has 2 heterocycles. The third kappa shape index (κ3) is 3.04. The molecule has 1 aliphatic rings. The minimum Gasteiger partial charge on any atom is -0.345 e. The van der Waals surface area contributed by atoms with Crippen LogP contribution in [0, 0.1) is 0 Å². The number of aromatic nitrogens is 2. The quantitative estimate of drug-likeness (QED) is 0.878. The highest BCUT2D eigenvalue weighted by Crippen LogP contribution is 2.31. The van der Waals surface area contributed by atoms with Gasteiger partial charge in [0.05, 0.1) is 0 Å². The monoisotopic (exact) mass is 261 g/mol. The molecule has 0 radical (unpaired) electrons. The molecule has 1 atom stereocenters. The van der Waals surface area contributed by atoms with E-state index in [-0.39, 0.29) is 11.7 Å². The van der Waals surface area contributed by atoms with Gasteiger partial charge in [0.25, 0.3) is 0 Å². The van der Waals surface area contributed by atoms with Crippen molar-refractivity contribution >= 4 is 0 Å². The summed E-state index contributed by atoms with van der Waals surface area (Å²) in [6, 6.07) is 0.246. The van der Waals surface area contributed by atoms with E-state index in [0.717, 1.165) is 25.8 Å². The van der Waals surface area contributed by atoms with E-state index in [4.69, 9.17) is 0 Å². The minimum atomic E-state index is -4.36. The van der Waals surface area contributed by atoms with Crippen LogP contribution in [0.1, 0.15) is 43.4 Å². The Kier molecular flexibility index (Phi) is 3.94. The van der Waals surface area contributed by atoms with Crippen molar-refractivity contribution in [2.45, 2.75) is 51.2 Å². The van der Waals surface area contributed by atoms with Gasteiger partial charge >= 0.3 is 6.18 Å². The van der Waals surface area contributed by atoms with E-state index in [2.05, 4.69) is 15.3 Å². The Morgan fingerprint density at radius 2 is 2.11 bits per heavy atom. The summed E-state index contributed by atoms with van der Waals surface area (Å²) in [4.78, 5) is 6.54. The summed E-state index contributed by atoms with van der Waals surface area (Å²) < 4.78 is 38.2. The van der Waals surface area contributed by atoms with Gasteiger partial charge in [-0.1, -0.05) is 13.3 Å². The minimum absolute atomic E-state index is 0.188. The van der Waals surface area contributed by atoms with Gasteiger partial charge in [-0.2, -0.15) is 13.2 Å². The van der Waals surface area contributed by atoms with Gasteiger partial charge < -0.3 is 10.3 Å². The van der Waals surface area contributed by atoms with Gasteiger partial charge in [-0.3, -0.25) is 0 Å². The summed E-state index contributed by atoms with van der Waals surface area (Å²) in [6.45, 7) is 2.64. The summed E-state index contributed by atoms with van der Waals surface area (Å²) in [5.41, 5.74) is -0.566. The van der Waals surface area contributed by atoms with Crippen LogP contribution in [0.5, 0.6) is 0 Å². The van der Waals surface area contributed by atoms with E-state index >= 15 is 0 Å². The maximum atomic E-state index is 12.7. The molecule has 3 nitrogen and oxygen atoms in total. The van der Waals surface area contributed by atoms with Crippen molar-refractivity contribution in [2.24, 2.45) is 0 Å². The number of nitrogens with zero attached hydrogens (tertiary/aromatic N) is 1. The first-order chi connectivity index (χ1) is 8.50. The molecule has 1 aromatic rings. The van der Waals surface area contributed by atoms with Crippen molar-refractivity contribution in [3.63, 3.8) is 0 Å². The van der Waals surface area contributed by atoms with Crippen molar-refractivity contribution in [3.8, 4) is 0 Å². The fraction of sp³-hybridized carbons (Fsp3) is 0.750. The average molecular weight is 261 g/mol. The van der Waals surface area contributed by atoms with E-state index < -0.39 is 11.9 Å². The molecule has 6 heteroatoms. The second-order valence-corrected chi connectivity index (χ2v) is 4.71. The molecule has 0 aliphatic carbocycles. The van der Waals surface area contributed by atoms with Crippen molar-refractivity contribution in [1.29, 1.82) is 0 Å². The molecule has 0 aromatic carbocycles. The topological polar surface area (TPSA) is 40.7 Å². The van der Waals surface area contributed by atoms with Gasteiger partial charge in [0.1, 0.15) is 5.82 Å². The summed E-state index contributed by atoms with van der Waals surface area (Å²) >= 11 is 0. The Labute approximate surface area is 104 Å². The normalized spacial score (nSPS) is 21.2. The number of alkyl halides is 3.